The van der Waals surface area contributed by atoms with Gasteiger partial charge in [0.25, 0.3) is 0 Å². The van der Waals surface area contributed by atoms with E-state index in [9.17, 15) is 9.59 Å². The van der Waals surface area contributed by atoms with Crippen LogP contribution in [0.4, 0.5) is 0 Å². The van der Waals surface area contributed by atoms with Crippen LogP contribution in [0.2, 0.25) is 0 Å². The molecule has 2 rings (SSSR count). The summed E-state index contributed by atoms with van der Waals surface area (Å²) in [6.07, 6.45) is 2.56. The van der Waals surface area contributed by atoms with Crippen molar-refractivity contribution in [2.45, 2.75) is 13.0 Å². The highest BCUT2D eigenvalue weighted by Crippen LogP contribution is 2.08. The first-order valence-electron chi connectivity index (χ1n) is 6.72. The number of benzene rings is 1. The highest BCUT2D eigenvalue weighted by atomic mass is 35.5. The Balaban J connectivity index is 0.00000220. The molecule has 1 amide bonds. The van der Waals surface area contributed by atoms with Gasteiger partial charge in [-0.1, -0.05) is 12.1 Å². The zero-order valence-corrected chi connectivity index (χ0v) is 12.8. The molecule has 0 saturated carbocycles. The lowest BCUT2D eigenvalue weighted by Crippen LogP contribution is -2.30. The van der Waals surface area contributed by atoms with Gasteiger partial charge in [-0.2, -0.15) is 0 Å². The van der Waals surface area contributed by atoms with Crippen molar-refractivity contribution in [3.8, 4) is 0 Å². The highest BCUT2D eigenvalue weighted by Gasteiger charge is 2.05. The minimum atomic E-state index is -0.0464. The second-order valence-electron chi connectivity index (χ2n) is 4.63. The topological polar surface area (TPSA) is 63.1 Å². The number of carbonyl (C=O) groups excluding carboxylic acids is 1. The van der Waals surface area contributed by atoms with Crippen molar-refractivity contribution in [3.05, 3.63) is 46.8 Å². The normalized spacial score (nSPS) is 10.1. The minimum absolute atomic E-state index is 0. The first-order chi connectivity index (χ1) is 9.72. The van der Waals surface area contributed by atoms with Crippen LogP contribution in [0.5, 0.6) is 0 Å². The molecule has 0 saturated heterocycles. The van der Waals surface area contributed by atoms with Crippen LogP contribution in [0.1, 0.15) is 6.42 Å². The molecule has 1 aromatic carbocycles. The molecule has 114 valence electrons. The Morgan fingerprint density at radius 3 is 2.71 bits per heavy atom. The van der Waals surface area contributed by atoms with Gasteiger partial charge in [0.2, 0.25) is 5.91 Å². The molecule has 0 aliphatic rings. The lowest BCUT2D eigenvalue weighted by Gasteiger charge is -2.10. The van der Waals surface area contributed by atoms with E-state index in [0.717, 1.165) is 18.5 Å². The Hall–Kier alpha value is -1.85. The third-order valence-corrected chi connectivity index (χ3v) is 3.12. The van der Waals surface area contributed by atoms with Gasteiger partial charge in [-0.3, -0.25) is 9.59 Å². The van der Waals surface area contributed by atoms with E-state index in [1.165, 1.54) is 6.07 Å². The van der Waals surface area contributed by atoms with E-state index in [4.69, 9.17) is 0 Å². The van der Waals surface area contributed by atoms with Crippen molar-refractivity contribution in [1.29, 1.82) is 0 Å². The number of fused-ring (bicyclic) bond motifs is 1. The van der Waals surface area contributed by atoms with Gasteiger partial charge in [0.1, 0.15) is 6.54 Å². The zero-order chi connectivity index (χ0) is 14.4. The Kier molecular flexibility index (Phi) is 6.91. The molecule has 6 heteroatoms. The van der Waals surface area contributed by atoms with E-state index >= 15 is 0 Å². The summed E-state index contributed by atoms with van der Waals surface area (Å²) in [5.74, 6) is -0.0464. The summed E-state index contributed by atoms with van der Waals surface area (Å²) >= 11 is 0. The van der Waals surface area contributed by atoms with Crippen molar-refractivity contribution < 1.29 is 4.79 Å². The first kappa shape index (κ1) is 17.2. The molecular weight excluding hydrogens is 290 g/mol. The van der Waals surface area contributed by atoms with Gasteiger partial charge >= 0.3 is 0 Å². The Morgan fingerprint density at radius 1 is 1.19 bits per heavy atom. The molecule has 21 heavy (non-hydrogen) atoms. The van der Waals surface area contributed by atoms with E-state index < -0.39 is 0 Å². The third-order valence-electron chi connectivity index (χ3n) is 3.12. The first-order valence-corrected chi connectivity index (χ1v) is 6.72. The molecular formula is C15H20ClN3O2. The van der Waals surface area contributed by atoms with Crippen LogP contribution in [0, 0.1) is 0 Å². The second kappa shape index (κ2) is 8.44. The molecule has 0 aliphatic heterocycles. The molecule has 0 atom stereocenters. The van der Waals surface area contributed by atoms with Gasteiger partial charge in [-0.15, -0.1) is 12.4 Å². The molecule has 0 aliphatic carbocycles. The summed E-state index contributed by atoms with van der Waals surface area (Å²) in [6.45, 7) is 1.75. The Morgan fingerprint density at radius 2 is 1.95 bits per heavy atom. The Labute approximate surface area is 129 Å². The maximum absolute atomic E-state index is 11.9. The number of nitrogens with one attached hydrogen (secondary N) is 2. The third kappa shape index (κ3) is 4.58. The fourth-order valence-corrected chi connectivity index (χ4v) is 2.10. The molecule has 0 fully saturated rings. The van der Waals surface area contributed by atoms with Gasteiger partial charge in [0.15, 0.2) is 5.43 Å². The number of amides is 1. The monoisotopic (exact) mass is 309 g/mol. The number of pyridine rings is 1. The van der Waals surface area contributed by atoms with Crippen LogP contribution in [0.3, 0.4) is 0 Å². The lowest BCUT2D eigenvalue weighted by molar-refractivity contribution is -0.121. The Bertz CT molecular complexity index is 655. The summed E-state index contributed by atoms with van der Waals surface area (Å²) < 4.78 is 1.80. The largest absolute Gasteiger partial charge is 0.355 e. The quantitative estimate of drug-likeness (QED) is 0.787. The van der Waals surface area contributed by atoms with E-state index in [0.29, 0.717) is 11.9 Å². The number of aromatic nitrogens is 1. The van der Waals surface area contributed by atoms with Crippen molar-refractivity contribution in [1.82, 2.24) is 15.2 Å². The molecule has 2 aromatic rings. The number of carbonyl (C=O) groups is 1. The summed E-state index contributed by atoms with van der Waals surface area (Å²) in [6, 6.07) is 8.82. The van der Waals surface area contributed by atoms with Gasteiger partial charge in [0, 0.05) is 24.2 Å². The summed E-state index contributed by atoms with van der Waals surface area (Å²) in [7, 11) is 1.88. The number of rotatable bonds is 6. The maximum atomic E-state index is 11.9. The van der Waals surface area contributed by atoms with E-state index in [-0.39, 0.29) is 30.3 Å². The van der Waals surface area contributed by atoms with E-state index in [1.807, 2.05) is 25.2 Å². The van der Waals surface area contributed by atoms with Crippen LogP contribution < -0.4 is 16.1 Å². The predicted octanol–water partition coefficient (Wildman–Crippen LogP) is 1.15. The second-order valence-corrected chi connectivity index (χ2v) is 4.63. The molecule has 0 spiro atoms. The smallest absolute Gasteiger partial charge is 0.239 e. The standard InChI is InChI=1S/C15H19N3O2.ClH/c1-16-8-4-9-17-15(20)11-18-10-7-14(19)12-5-2-3-6-13(12)18;/h2-3,5-7,10,16H,4,8-9,11H2,1H3,(H,17,20);1H. The predicted molar refractivity (Wildman–Crippen MR) is 87.0 cm³/mol. The molecule has 0 unspecified atom stereocenters. The van der Waals surface area contributed by atoms with Crippen molar-refractivity contribution in [2.75, 3.05) is 20.1 Å². The number of nitrogens with zero attached hydrogens (tertiary/aromatic N) is 1. The molecule has 1 heterocycles. The number of para-hydroxylation sites is 1. The molecule has 0 radical (unpaired) electrons. The SMILES string of the molecule is CNCCCNC(=O)Cn1ccc(=O)c2ccccc21.Cl. The highest BCUT2D eigenvalue weighted by molar-refractivity contribution is 5.85. The molecule has 1 aromatic heterocycles. The van der Waals surface area contributed by atoms with E-state index in [2.05, 4.69) is 10.6 Å². The number of hydrogen-bond acceptors (Lipinski definition) is 3. The summed E-state index contributed by atoms with van der Waals surface area (Å²) in [4.78, 5) is 23.6. The van der Waals surface area contributed by atoms with Crippen LogP contribution in [-0.2, 0) is 11.3 Å². The van der Waals surface area contributed by atoms with Crippen molar-refractivity contribution in [2.24, 2.45) is 0 Å². The van der Waals surface area contributed by atoms with Crippen LogP contribution in [0.25, 0.3) is 10.9 Å². The number of hydrogen-bond donors (Lipinski definition) is 2. The van der Waals surface area contributed by atoms with Crippen LogP contribution >= 0.6 is 12.4 Å². The molecule has 0 bridgehead atoms. The van der Waals surface area contributed by atoms with E-state index in [1.54, 1.807) is 16.8 Å². The van der Waals surface area contributed by atoms with Crippen molar-refractivity contribution >= 4 is 29.2 Å². The number of halogens is 1. The van der Waals surface area contributed by atoms with Crippen LogP contribution in [0.15, 0.2) is 41.3 Å². The lowest BCUT2D eigenvalue weighted by atomic mass is 10.2. The van der Waals surface area contributed by atoms with Gasteiger partial charge in [0.05, 0.1) is 5.52 Å². The van der Waals surface area contributed by atoms with Gasteiger partial charge < -0.3 is 15.2 Å². The fourth-order valence-electron chi connectivity index (χ4n) is 2.10. The summed E-state index contributed by atoms with van der Waals surface area (Å²) in [5, 5.41) is 6.53. The summed E-state index contributed by atoms with van der Waals surface area (Å²) in [5.41, 5.74) is 0.761. The minimum Gasteiger partial charge on any atom is -0.355 e. The maximum Gasteiger partial charge on any atom is 0.239 e. The fraction of sp³-hybridized carbons (Fsp3) is 0.333. The zero-order valence-electron chi connectivity index (χ0n) is 12.0. The molecule has 2 N–H and O–H groups in total. The average Bonchev–Trinajstić information content (AvgIpc) is 2.47. The average molecular weight is 310 g/mol. The van der Waals surface area contributed by atoms with Gasteiger partial charge in [-0.05, 0) is 32.1 Å². The van der Waals surface area contributed by atoms with Crippen molar-refractivity contribution in [3.63, 3.8) is 0 Å². The molecule has 5 nitrogen and oxygen atoms in total. The van der Waals surface area contributed by atoms with Gasteiger partial charge in [-0.25, -0.2) is 0 Å². The van der Waals surface area contributed by atoms with Crippen LogP contribution in [-0.4, -0.2) is 30.6 Å².